The molecule has 1 aliphatic heterocycles. The van der Waals surface area contributed by atoms with Crippen LogP contribution in [0.4, 0.5) is 5.95 Å². The average Bonchev–Trinajstić information content (AvgIpc) is 3.33. The topological polar surface area (TPSA) is 84.3 Å². The number of hydrogen-bond donors (Lipinski definition) is 0. The quantitative estimate of drug-likeness (QED) is 0.567. The third kappa shape index (κ3) is 4.69. The summed E-state index contributed by atoms with van der Waals surface area (Å²) in [6.45, 7) is 1.37. The van der Waals surface area contributed by atoms with Crippen molar-refractivity contribution in [3.63, 3.8) is 0 Å². The van der Waals surface area contributed by atoms with Crippen molar-refractivity contribution in [3.8, 4) is 16.9 Å². The molecule has 0 aliphatic carbocycles. The number of ether oxygens (including phenoxy) is 1. The summed E-state index contributed by atoms with van der Waals surface area (Å²) in [6, 6.07) is 7.85. The predicted molar refractivity (Wildman–Crippen MR) is 123 cm³/mol. The molecule has 1 unspecified atom stereocenters. The second-order valence-electron chi connectivity index (χ2n) is 8.13. The molecule has 0 saturated carbocycles. The second-order valence-corrected chi connectivity index (χ2v) is 8.13. The minimum Gasteiger partial charge on any atom is -0.496 e. The van der Waals surface area contributed by atoms with Gasteiger partial charge in [0, 0.05) is 69.2 Å². The largest absolute Gasteiger partial charge is 0.496 e. The minimum atomic E-state index is 0.141. The number of carbonyl (C=O) groups excluding carboxylic acids is 1. The average molecular weight is 433 g/mol. The highest BCUT2D eigenvalue weighted by atomic mass is 16.5. The van der Waals surface area contributed by atoms with Gasteiger partial charge in [0.2, 0.25) is 11.9 Å². The summed E-state index contributed by atoms with van der Waals surface area (Å²) in [5.41, 5.74) is 3.80. The van der Waals surface area contributed by atoms with Crippen LogP contribution in [-0.2, 0) is 11.2 Å². The maximum absolute atomic E-state index is 12.9. The smallest absolute Gasteiger partial charge is 0.225 e. The molecule has 166 valence electrons. The zero-order valence-electron chi connectivity index (χ0n) is 18.7. The van der Waals surface area contributed by atoms with E-state index in [1.165, 1.54) is 6.33 Å². The Morgan fingerprint density at radius 1 is 1.19 bits per heavy atom. The van der Waals surface area contributed by atoms with E-state index in [4.69, 9.17) is 9.72 Å². The van der Waals surface area contributed by atoms with Crippen LogP contribution >= 0.6 is 0 Å². The number of aromatic nitrogens is 4. The van der Waals surface area contributed by atoms with Gasteiger partial charge >= 0.3 is 0 Å². The first-order valence-electron chi connectivity index (χ1n) is 10.8. The summed E-state index contributed by atoms with van der Waals surface area (Å²) in [4.78, 5) is 34.4. The molecular formula is C24H28N6O2. The van der Waals surface area contributed by atoms with E-state index in [9.17, 15) is 4.79 Å². The number of anilines is 1. The maximum atomic E-state index is 12.9. The summed E-state index contributed by atoms with van der Waals surface area (Å²) in [5.74, 6) is 1.78. The lowest BCUT2D eigenvalue weighted by Crippen LogP contribution is -2.29. The fraction of sp³-hybridized carbons (Fsp3) is 0.375. The molecule has 3 aromatic rings. The molecule has 1 aromatic carbocycles. The first-order chi connectivity index (χ1) is 15.6. The first-order valence-corrected chi connectivity index (χ1v) is 10.8. The number of hydrogen-bond acceptors (Lipinski definition) is 7. The Labute approximate surface area is 188 Å². The Bertz CT molecular complexity index is 1070. The molecule has 0 N–H and O–H groups in total. The number of nitrogens with zero attached hydrogens (tertiary/aromatic N) is 6. The number of carbonyl (C=O) groups is 1. The van der Waals surface area contributed by atoms with Crippen LogP contribution in [0.1, 0.15) is 30.0 Å². The van der Waals surface area contributed by atoms with Gasteiger partial charge in [-0.25, -0.2) is 19.9 Å². The van der Waals surface area contributed by atoms with Crippen LogP contribution < -0.4 is 9.64 Å². The van der Waals surface area contributed by atoms with Crippen LogP contribution in [0, 0.1) is 0 Å². The molecular weight excluding hydrogens is 404 g/mol. The van der Waals surface area contributed by atoms with Crippen molar-refractivity contribution >= 4 is 11.9 Å². The lowest BCUT2D eigenvalue weighted by atomic mass is 9.97. The molecule has 1 fully saturated rings. The SMILES string of the molecule is COc1ccccc1CCC(=O)N1CCC(c2nc(N(C)C)ncc2-c2cncnc2)C1. The predicted octanol–water partition coefficient (Wildman–Crippen LogP) is 2.96. The Kier molecular flexibility index (Phi) is 6.58. The van der Waals surface area contributed by atoms with Crippen LogP contribution in [0.3, 0.4) is 0 Å². The van der Waals surface area contributed by atoms with Gasteiger partial charge in [0.15, 0.2) is 0 Å². The van der Waals surface area contributed by atoms with E-state index in [1.807, 2.05) is 54.4 Å². The van der Waals surface area contributed by atoms with Gasteiger partial charge in [-0.2, -0.15) is 0 Å². The zero-order valence-corrected chi connectivity index (χ0v) is 18.7. The van der Waals surface area contributed by atoms with Crippen LogP contribution in [0.5, 0.6) is 5.75 Å². The molecule has 1 amide bonds. The number of rotatable bonds is 7. The van der Waals surface area contributed by atoms with E-state index in [2.05, 4.69) is 15.0 Å². The molecule has 8 nitrogen and oxygen atoms in total. The zero-order chi connectivity index (χ0) is 22.5. The molecule has 3 heterocycles. The Morgan fingerprint density at radius 3 is 2.72 bits per heavy atom. The fourth-order valence-electron chi connectivity index (χ4n) is 4.09. The number of likely N-dealkylation sites (tertiary alicyclic amines) is 1. The van der Waals surface area contributed by atoms with Gasteiger partial charge in [-0.3, -0.25) is 4.79 Å². The van der Waals surface area contributed by atoms with E-state index in [0.29, 0.717) is 25.3 Å². The molecule has 1 saturated heterocycles. The lowest BCUT2D eigenvalue weighted by molar-refractivity contribution is -0.130. The molecule has 4 rings (SSSR count). The van der Waals surface area contributed by atoms with Crippen LogP contribution in [0.25, 0.3) is 11.1 Å². The van der Waals surface area contributed by atoms with Crippen molar-refractivity contribution in [3.05, 3.63) is 60.4 Å². The van der Waals surface area contributed by atoms with Crippen LogP contribution in [0.2, 0.25) is 0 Å². The third-order valence-corrected chi connectivity index (χ3v) is 5.81. The Balaban J connectivity index is 1.50. The van der Waals surface area contributed by atoms with E-state index in [-0.39, 0.29) is 11.8 Å². The van der Waals surface area contributed by atoms with E-state index >= 15 is 0 Å². The van der Waals surface area contributed by atoms with Crippen LogP contribution in [0.15, 0.2) is 49.2 Å². The molecule has 0 bridgehead atoms. The van der Waals surface area contributed by atoms with Crippen molar-refractivity contribution in [1.82, 2.24) is 24.8 Å². The van der Waals surface area contributed by atoms with Gasteiger partial charge in [-0.05, 0) is 24.5 Å². The van der Waals surface area contributed by atoms with E-state index < -0.39 is 0 Å². The second kappa shape index (κ2) is 9.72. The first kappa shape index (κ1) is 21.7. The molecule has 1 atom stereocenters. The van der Waals surface area contributed by atoms with Gasteiger partial charge < -0.3 is 14.5 Å². The van der Waals surface area contributed by atoms with Gasteiger partial charge in [0.1, 0.15) is 12.1 Å². The molecule has 1 aliphatic rings. The highest BCUT2D eigenvalue weighted by molar-refractivity contribution is 5.77. The summed E-state index contributed by atoms with van der Waals surface area (Å²) >= 11 is 0. The van der Waals surface area contributed by atoms with E-state index in [0.717, 1.165) is 41.1 Å². The standard InChI is InChI=1S/C24H28N6O2/c1-29(2)24-27-14-20(19-12-25-16-26-13-19)23(28-24)18-10-11-30(15-18)22(31)9-8-17-6-4-5-7-21(17)32-3/h4-7,12-14,16,18H,8-11,15H2,1-3H3. The van der Waals surface area contributed by atoms with Crippen LogP contribution in [-0.4, -0.2) is 65.0 Å². The maximum Gasteiger partial charge on any atom is 0.225 e. The fourth-order valence-corrected chi connectivity index (χ4v) is 4.09. The molecule has 32 heavy (non-hydrogen) atoms. The number of amides is 1. The van der Waals surface area contributed by atoms with Gasteiger partial charge in [0.05, 0.1) is 12.8 Å². The Hall–Kier alpha value is -3.55. The summed E-state index contributed by atoms with van der Waals surface area (Å²) < 4.78 is 5.41. The molecule has 8 heteroatoms. The third-order valence-electron chi connectivity index (χ3n) is 5.81. The Morgan fingerprint density at radius 2 is 1.97 bits per heavy atom. The number of benzene rings is 1. The van der Waals surface area contributed by atoms with Crippen molar-refractivity contribution in [2.24, 2.45) is 0 Å². The molecule has 2 aromatic heterocycles. The molecule has 0 spiro atoms. The minimum absolute atomic E-state index is 0.141. The van der Waals surface area contributed by atoms with Crippen molar-refractivity contribution in [1.29, 1.82) is 0 Å². The van der Waals surface area contributed by atoms with Crippen molar-refractivity contribution < 1.29 is 9.53 Å². The number of methoxy groups -OCH3 is 1. The molecule has 0 radical (unpaired) electrons. The summed E-state index contributed by atoms with van der Waals surface area (Å²) in [6.07, 6.45) is 8.88. The highest BCUT2D eigenvalue weighted by Gasteiger charge is 2.30. The van der Waals surface area contributed by atoms with Crippen molar-refractivity contribution in [2.75, 3.05) is 39.2 Å². The van der Waals surface area contributed by atoms with Gasteiger partial charge in [-0.1, -0.05) is 18.2 Å². The highest BCUT2D eigenvalue weighted by Crippen LogP contribution is 2.34. The number of para-hydroxylation sites is 1. The normalized spacial score (nSPS) is 15.6. The monoisotopic (exact) mass is 432 g/mol. The van der Waals surface area contributed by atoms with E-state index in [1.54, 1.807) is 19.5 Å². The van der Waals surface area contributed by atoms with Crippen molar-refractivity contribution in [2.45, 2.75) is 25.2 Å². The van der Waals surface area contributed by atoms with Gasteiger partial charge in [0.25, 0.3) is 0 Å². The van der Waals surface area contributed by atoms with Gasteiger partial charge in [-0.15, -0.1) is 0 Å². The summed E-state index contributed by atoms with van der Waals surface area (Å²) in [5, 5.41) is 0. The number of aryl methyl sites for hydroxylation is 1. The lowest BCUT2D eigenvalue weighted by Gasteiger charge is -2.19. The summed E-state index contributed by atoms with van der Waals surface area (Å²) in [7, 11) is 5.50.